The summed E-state index contributed by atoms with van der Waals surface area (Å²) in [6, 6.07) is 7.12. The van der Waals surface area contributed by atoms with Gasteiger partial charge in [-0.1, -0.05) is 24.8 Å². The van der Waals surface area contributed by atoms with E-state index in [1.165, 1.54) is 23.5 Å². The first-order valence-electron chi connectivity index (χ1n) is 11.3. The number of nitrogens with one attached hydrogen (secondary N) is 1. The first kappa shape index (κ1) is 27.3. The number of alkyl halides is 3. The van der Waals surface area contributed by atoms with Crippen LogP contribution in [-0.4, -0.2) is 29.7 Å². The Labute approximate surface area is 212 Å². The fourth-order valence-electron chi connectivity index (χ4n) is 4.02. The van der Waals surface area contributed by atoms with Gasteiger partial charge in [-0.2, -0.15) is 13.2 Å². The van der Waals surface area contributed by atoms with Crippen LogP contribution < -0.4 is 10.1 Å². The molecule has 1 aliphatic carbocycles. The van der Waals surface area contributed by atoms with Crippen molar-refractivity contribution < 1.29 is 32.6 Å². The normalized spacial score (nSPS) is 16.3. The molecule has 1 aliphatic rings. The predicted octanol–water partition coefficient (Wildman–Crippen LogP) is 6.79. The third-order valence-electron chi connectivity index (χ3n) is 5.75. The van der Waals surface area contributed by atoms with E-state index in [1.54, 1.807) is 18.2 Å². The highest BCUT2D eigenvalue weighted by Crippen LogP contribution is 2.38. The number of carbonyl (C=O) groups is 2. The van der Waals surface area contributed by atoms with Gasteiger partial charge in [0.05, 0.1) is 22.1 Å². The van der Waals surface area contributed by atoms with Gasteiger partial charge in [-0.05, 0) is 79.3 Å². The summed E-state index contributed by atoms with van der Waals surface area (Å²) in [5.74, 6) is -2.23. The zero-order valence-electron chi connectivity index (χ0n) is 20.2. The maximum atomic E-state index is 13.0. The third kappa shape index (κ3) is 6.66. The molecule has 0 radical (unpaired) electrons. The monoisotopic (exact) mass is 519 g/mol. The number of hydrogen-bond acceptors (Lipinski definition) is 4. The Morgan fingerprint density at radius 1 is 1.25 bits per heavy atom. The Hall–Kier alpha value is -3.33. The third-order valence-corrected chi connectivity index (χ3v) is 6.88. The van der Waals surface area contributed by atoms with Crippen molar-refractivity contribution in [3.63, 3.8) is 0 Å². The second kappa shape index (κ2) is 11.2. The quantitative estimate of drug-likeness (QED) is 0.358. The number of rotatable bonds is 9. The molecule has 1 aromatic carbocycles. The van der Waals surface area contributed by atoms with Crippen molar-refractivity contribution in [2.45, 2.75) is 45.9 Å². The first-order chi connectivity index (χ1) is 16.9. The number of aliphatic carboxylic acids is 1. The molecule has 0 saturated heterocycles. The molecule has 1 aromatic heterocycles. The van der Waals surface area contributed by atoms with Gasteiger partial charge in [0, 0.05) is 6.54 Å². The van der Waals surface area contributed by atoms with E-state index in [0.29, 0.717) is 10.6 Å². The first-order valence-corrected chi connectivity index (χ1v) is 12.2. The number of amides is 1. The highest BCUT2D eigenvalue weighted by molar-refractivity contribution is 7.14. The van der Waals surface area contributed by atoms with Gasteiger partial charge >= 0.3 is 12.1 Å². The summed E-state index contributed by atoms with van der Waals surface area (Å²) in [5, 5.41) is 11.3. The summed E-state index contributed by atoms with van der Waals surface area (Å²) in [6.45, 7) is 9.65. The summed E-state index contributed by atoms with van der Waals surface area (Å²) >= 11 is 1.24. The van der Waals surface area contributed by atoms with E-state index in [-0.39, 0.29) is 25.3 Å². The molecule has 2 atom stereocenters. The molecule has 0 spiro atoms. The fraction of sp³-hybridized carbons (Fsp3) is 0.333. The number of carboxylic acids is 1. The van der Waals surface area contributed by atoms with Gasteiger partial charge in [-0.3, -0.25) is 9.59 Å². The number of halogens is 3. The zero-order chi connectivity index (χ0) is 26.6. The Kier molecular flexibility index (Phi) is 8.45. The van der Waals surface area contributed by atoms with Crippen molar-refractivity contribution in [2.75, 3.05) is 6.54 Å². The maximum Gasteiger partial charge on any atom is 0.395 e. The molecule has 0 aliphatic heterocycles. The molecule has 1 heterocycles. The molecule has 2 aromatic rings. The molecular weight excluding hydrogens is 491 g/mol. The molecule has 3 rings (SSSR count). The van der Waals surface area contributed by atoms with Gasteiger partial charge in [0.1, 0.15) is 5.75 Å². The van der Waals surface area contributed by atoms with Crippen LogP contribution in [0.2, 0.25) is 0 Å². The minimum Gasteiger partial charge on any atom is -0.481 e. The van der Waals surface area contributed by atoms with Crippen molar-refractivity contribution >= 4 is 28.8 Å². The topological polar surface area (TPSA) is 75.6 Å². The van der Waals surface area contributed by atoms with E-state index in [4.69, 9.17) is 9.84 Å². The van der Waals surface area contributed by atoms with E-state index in [1.807, 2.05) is 32.9 Å². The summed E-state index contributed by atoms with van der Waals surface area (Å²) in [6.07, 6.45) is -0.648. The Bertz CT molecular complexity index is 1200. The number of ether oxygens (including phenoxy) is 1. The van der Waals surface area contributed by atoms with Gasteiger partial charge < -0.3 is 15.2 Å². The van der Waals surface area contributed by atoms with Crippen LogP contribution in [0.4, 0.5) is 13.2 Å². The largest absolute Gasteiger partial charge is 0.481 e. The van der Waals surface area contributed by atoms with Crippen LogP contribution in [0.3, 0.4) is 0 Å². The van der Waals surface area contributed by atoms with E-state index in [0.717, 1.165) is 32.7 Å². The standard InChI is InChI=1S/C27H28F3NO4S/c1-15(2)25(21-9-10-22(36-21)26(34)31-12-11-23(32)33)35-20-13-16(3)24(17(4)14-20)18-5-7-19(8-6-18)27(28,29)30/h5-7,9-10,13-14,19,25H,1,8,11-12H2,2-4H3,(H,31,34)(H,32,33). The van der Waals surface area contributed by atoms with Gasteiger partial charge in [0.2, 0.25) is 0 Å². The number of aryl methyl sites for hydroxylation is 2. The highest BCUT2D eigenvalue weighted by atomic mass is 32.1. The van der Waals surface area contributed by atoms with Crippen LogP contribution in [0.1, 0.15) is 57.1 Å². The smallest absolute Gasteiger partial charge is 0.395 e. The molecule has 0 fully saturated rings. The molecule has 9 heteroatoms. The van der Waals surface area contributed by atoms with Crippen LogP contribution in [0.15, 0.2) is 54.6 Å². The molecule has 0 bridgehead atoms. The van der Waals surface area contributed by atoms with Crippen molar-refractivity contribution in [1.29, 1.82) is 0 Å². The number of benzene rings is 1. The molecule has 192 valence electrons. The molecule has 2 unspecified atom stereocenters. The summed E-state index contributed by atoms with van der Waals surface area (Å²) in [5.41, 5.74) is 4.10. The fourth-order valence-corrected chi connectivity index (χ4v) is 5.07. The van der Waals surface area contributed by atoms with E-state index >= 15 is 0 Å². The molecule has 0 saturated carbocycles. The Morgan fingerprint density at radius 3 is 2.44 bits per heavy atom. The van der Waals surface area contributed by atoms with Crippen molar-refractivity contribution in [3.8, 4) is 5.75 Å². The van der Waals surface area contributed by atoms with Crippen molar-refractivity contribution in [2.24, 2.45) is 5.92 Å². The van der Waals surface area contributed by atoms with E-state index in [9.17, 15) is 22.8 Å². The van der Waals surface area contributed by atoms with Crippen molar-refractivity contribution in [1.82, 2.24) is 5.32 Å². The van der Waals surface area contributed by atoms with Crippen LogP contribution in [-0.2, 0) is 4.79 Å². The second-order valence-electron chi connectivity index (χ2n) is 8.78. The molecule has 36 heavy (non-hydrogen) atoms. The lowest BCUT2D eigenvalue weighted by Crippen LogP contribution is -2.25. The average Bonchev–Trinajstić information content (AvgIpc) is 3.26. The summed E-state index contributed by atoms with van der Waals surface area (Å²) in [4.78, 5) is 24.2. The van der Waals surface area contributed by atoms with Crippen LogP contribution in [0.5, 0.6) is 5.75 Å². The number of carboxylic acid groups (broad SMARTS) is 1. The molecule has 2 N–H and O–H groups in total. The lowest BCUT2D eigenvalue weighted by Gasteiger charge is -2.22. The minimum absolute atomic E-state index is 0.0369. The van der Waals surface area contributed by atoms with Gasteiger partial charge in [0.15, 0.2) is 6.10 Å². The molecular formula is C27H28F3NO4S. The molecule has 5 nitrogen and oxygen atoms in total. The van der Waals surface area contributed by atoms with Gasteiger partial charge in [-0.15, -0.1) is 11.3 Å². The highest BCUT2D eigenvalue weighted by Gasteiger charge is 2.38. The van der Waals surface area contributed by atoms with Crippen LogP contribution in [0.25, 0.3) is 5.57 Å². The van der Waals surface area contributed by atoms with E-state index in [2.05, 4.69) is 11.9 Å². The minimum atomic E-state index is -4.25. The predicted molar refractivity (Wildman–Crippen MR) is 134 cm³/mol. The van der Waals surface area contributed by atoms with Crippen LogP contribution >= 0.6 is 11.3 Å². The number of carbonyl (C=O) groups excluding carboxylic acids is 1. The zero-order valence-corrected chi connectivity index (χ0v) is 21.1. The number of allylic oxidation sites excluding steroid dienone is 4. The lowest BCUT2D eigenvalue weighted by molar-refractivity contribution is -0.160. The van der Waals surface area contributed by atoms with Crippen LogP contribution in [0, 0.1) is 19.8 Å². The van der Waals surface area contributed by atoms with Gasteiger partial charge in [-0.25, -0.2) is 0 Å². The summed E-state index contributed by atoms with van der Waals surface area (Å²) < 4.78 is 45.2. The second-order valence-corrected chi connectivity index (χ2v) is 9.90. The van der Waals surface area contributed by atoms with Crippen molar-refractivity contribution in [3.05, 3.63) is 81.1 Å². The number of thiophene rings is 1. The lowest BCUT2D eigenvalue weighted by atomic mass is 9.88. The van der Waals surface area contributed by atoms with E-state index < -0.39 is 24.2 Å². The molecule has 1 amide bonds. The number of hydrogen-bond donors (Lipinski definition) is 2. The Morgan fingerprint density at radius 2 is 1.92 bits per heavy atom. The average molecular weight is 520 g/mol. The SMILES string of the molecule is C=C(C)C(Oc1cc(C)c(C2=CCC(C(F)(F)F)C=C2)c(C)c1)c1ccc(C(=O)NCCC(=O)O)s1. The Balaban J connectivity index is 1.77. The summed E-state index contributed by atoms with van der Waals surface area (Å²) in [7, 11) is 0. The van der Waals surface area contributed by atoms with Gasteiger partial charge in [0.25, 0.3) is 5.91 Å². The maximum absolute atomic E-state index is 13.0.